The van der Waals surface area contributed by atoms with Crippen molar-refractivity contribution in [3.8, 4) is 23.2 Å². The first-order chi connectivity index (χ1) is 13.5. The lowest BCUT2D eigenvalue weighted by molar-refractivity contribution is 0.0697. The summed E-state index contributed by atoms with van der Waals surface area (Å²) < 4.78 is 12.1. The second-order valence-electron chi connectivity index (χ2n) is 5.83. The van der Waals surface area contributed by atoms with E-state index in [1.54, 1.807) is 49.6 Å². The van der Waals surface area contributed by atoms with E-state index in [2.05, 4.69) is 15.1 Å². The van der Waals surface area contributed by atoms with Crippen molar-refractivity contribution in [2.75, 3.05) is 7.11 Å². The zero-order valence-corrected chi connectivity index (χ0v) is 14.6. The molecule has 9 heteroatoms. The predicted octanol–water partition coefficient (Wildman–Crippen LogP) is 2.61. The Hall–Kier alpha value is -4.14. The van der Waals surface area contributed by atoms with Gasteiger partial charge in [-0.3, -0.25) is 9.78 Å². The number of benzene rings is 2. The van der Waals surface area contributed by atoms with Gasteiger partial charge in [0.2, 0.25) is 5.95 Å². The average molecular weight is 378 g/mol. The van der Waals surface area contributed by atoms with Gasteiger partial charge >= 0.3 is 5.97 Å². The normalized spacial score (nSPS) is 10.8. The summed E-state index contributed by atoms with van der Waals surface area (Å²) in [5.74, 6) is 0.688. The number of H-pyrrole nitrogens is 1. The highest BCUT2D eigenvalue weighted by molar-refractivity contribution is 5.87. The molecule has 0 amide bonds. The number of hydrogen-bond acceptors (Lipinski definition) is 6. The van der Waals surface area contributed by atoms with Crippen LogP contribution in [0.5, 0.6) is 17.2 Å². The lowest BCUT2D eigenvalue weighted by Gasteiger charge is -2.08. The molecule has 28 heavy (non-hydrogen) atoms. The van der Waals surface area contributed by atoms with E-state index < -0.39 is 11.5 Å². The van der Waals surface area contributed by atoms with Gasteiger partial charge in [-0.1, -0.05) is 6.07 Å². The van der Waals surface area contributed by atoms with Gasteiger partial charge in [0, 0.05) is 12.3 Å². The van der Waals surface area contributed by atoms with E-state index in [9.17, 15) is 9.59 Å². The van der Waals surface area contributed by atoms with E-state index in [-0.39, 0.29) is 11.5 Å². The van der Waals surface area contributed by atoms with Gasteiger partial charge in [0.05, 0.1) is 29.8 Å². The summed E-state index contributed by atoms with van der Waals surface area (Å²) in [5.41, 5.74) is 0.0115. The third-order valence-electron chi connectivity index (χ3n) is 3.99. The minimum absolute atomic E-state index is 0.00946. The monoisotopic (exact) mass is 378 g/mol. The molecule has 0 atom stereocenters. The highest BCUT2D eigenvalue weighted by Crippen LogP contribution is 2.26. The number of rotatable bonds is 5. The Morgan fingerprint density at radius 3 is 2.68 bits per heavy atom. The maximum Gasteiger partial charge on any atom is 0.338 e. The van der Waals surface area contributed by atoms with E-state index in [0.717, 1.165) is 0 Å². The van der Waals surface area contributed by atoms with Crippen molar-refractivity contribution in [1.82, 2.24) is 19.7 Å². The molecule has 2 aromatic carbocycles. The van der Waals surface area contributed by atoms with Gasteiger partial charge in [0.15, 0.2) is 0 Å². The molecule has 4 aromatic rings. The summed E-state index contributed by atoms with van der Waals surface area (Å²) in [6.45, 7) is 0. The average Bonchev–Trinajstić information content (AvgIpc) is 3.19. The minimum Gasteiger partial charge on any atom is -0.497 e. The molecule has 0 spiro atoms. The van der Waals surface area contributed by atoms with E-state index in [0.29, 0.717) is 28.2 Å². The van der Waals surface area contributed by atoms with Gasteiger partial charge in [0.1, 0.15) is 17.2 Å². The summed E-state index contributed by atoms with van der Waals surface area (Å²) in [6, 6.07) is 12.0. The minimum atomic E-state index is -1.12. The molecule has 0 fully saturated rings. The van der Waals surface area contributed by atoms with Crippen molar-refractivity contribution in [3.63, 3.8) is 0 Å². The van der Waals surface area contributed by atoms with Crippen LogP contribution < -0.4 is 15.0 Å². The first kappa shape index (κ1) is 17.3. The van der Waals surface area contributed by atoms with E-state index >= 15 is 0 Å². The van der Waals surface area contributed by atoms with Gasteiger partial charge in [-0.2, -0.15) is 5.10 Å². The van der Waals surface area contributed by atoms with Crippen molar-refractivity contribution in [1.29, 1.82) is 0 Å². The van der Waals surface area contributed by atoms with Gasteiger partial charge in [-0.15, -0.1) is 0 Å². The SMILES string of the molecule is COc1cccc(Oc2ccc3nc(-n4cc(C(=O)O)cn4)[nH]c(=O)c3c2)c1. The molecule has 0 aliphatic heterocycles. The first-order valence-corrected chi connectivity index (χ1v) is 8.18. The molecule has 2 aromatic heterocycles. The zero-order chi connectivity index (χ0) is 19.7. The number of carbonyl (C=O) groups is 1. The molecule has 0 bridgehead atoms. The number of aromatic amines is 1. The maximum atomic E-state index is 12.5. The number of nitrogens with zero attached hydrogens (tertiary/aromatic N) is 3. The molecule has 2 N–H and O–H groups in total. The molecule has 9 nitrogen and oxygen atoms in total. The van der Waals surface area contributed by atoms with Crippen molar-refractivity contribution in [2.45, 2.75) is 0 Å². The second-order valence-corrected chi connectivity index (χ2v) is 5.83. The molecule has 2 heterocycles. The van der Waals surface area contributed by atoms with Gasteiger partial charge < -0.3 is 14.6 Å². The molecule has 140 valence electrons. The van der Waals surface area contributed by atoms with Crippen LogP contribution in [0, 0.1) is 0 Å². The van der Waals surface area contributed by atoms with Gasteiger partial charge in [-0.05, 0) is 30.3 Å². The van der Waals surface area contributed by atoms with Crippen LogP contribution in [-0.2, 0) is 0 Å². The van der Waals surface area contributed by atoms with Crippen molar-refractivity contribution in [2.24, 2.45) is 0 Å². The second kappa shape index (κ2) is 6.88. The standard InChI is InChI=1S/C19H14N4O5/c1-27-12-3-2-4-13(7-12)28-14-5-6-16-15(8-14)17(24)22-19(21-16)23-10-11(9-20-23)18(25)26/h2-10H,1H3,(H,25,26)(H,21,22,24). The van der Waals surface area contributed by atoms with Crippen LogP contribution in [0.25, 0.3) is 16.9 Å². The highest BCUT2D eigenvalue weighted by Gasteiger charge is 2.11. The number of nitrogens with one attached hydrogen (secondary N) is 1. The fourth-order valence-corrected chi connectivity index (χ4v) is 2.63. The first-order valence-electron chi connectivity index (χ1n) is 8.18. The number of aromatic carboxylic acids is 1. The Morgan fingerprint density at radius 1 is 1.14 bits per heavy atom. The molecule has 0 saturated carbocycles. The number of hydrogen-bond donors (Lipinski definition) is 2. The van der Waals surface area contributed by atoms with Crippen LogP contribution in [0.2, 0.25) is 0 Å². The van der Waals surface area contributed by atoms with E-state index in [4.69, 9.17) is 14.6 Å². The third-order valence-corrected chi connectivity index (χ3v) is 3.99. The van der Waals surface area contributed by atoms with E-state index in [1.165, 1.54) is 17.1 Å². The molecular formula is C19H14N4O5. The Morgan fingerprint density at radius 2 is 1.93 bits per heavy atom. The van der Waals surface area contributed by atoms with Crippen molar-refractivity contribution >= 4 is 16.9 Å². The maximum absolute atomic E-state index is 12.5. The summed E-state index contributed by atoms with van der Waals surface area (Å²) in [7, 11) is 1.57. The lowest BCUT2D eigenvalue weighted by Crippen LogP contribution is -2.14. The largest absolute Gasteiger partial charge is 0.497 e. The molecule has 0 saturated heterocycles. The number of carboxylic acid groups (broad SMARTS) is 1. The molecule has 0 aliphatic carbocycles. The van der Waals surface area contributed by atoms with E-state index in [1.807, 2.05) is 0 Å². The topological polar surface area (TPSA) is 119 Å². The number of ether oxygens (including phenoxy) is 2. The smallest absolute Gasteiger partial charge is 0.338 e. The summed E-state index contributed by atoms with van der Waals surface area (Å²) in [6.07, 6.45) is 2.45. The Balaban J connectivity index is 1.69. The fourth-order valence-electron chi connectivity index (χ4n) is 2.63. The van der Waals surface area contributed by atoms with Crippen LogP contribution in [0.1, 0.15) is 10.4 Å². The quantitative estimate of drug-likeness (QED) is 0.548. The zero-order valence-electron chi connectivity index (χ0n) is 14.6. The number of carboxylic acids is 1. The summed E-state index contributed by atoms with van der Waals surface area (Å²) in [5, 5.41) is 13.2. The Labute approximate surface area is 157 Å². The van der Waals surface area contributed by atoms with Crippen LogP contribution in [0.4, 0.5) is 0 Å². The van der Waals surface area contributed by atoms with Crippen LogP contribution in [0.3, 0.4) is 0 Å². The van der Waals surface area contributed by atoms with Gasteiger partial charge in [-0.25, -0.2) is 14.5 Å². The number of methoxy groups -OCH3 is 1. The van der Waals surface area contributed by atoms with Crippen molar-refractivity contribution < 1.29 is 19.4 Å². The summed E-state index contributed by atoms with van der Waals surface area (Å²) >= 11 is 0. The number of fused-ring (bicyclic) bond motifs is 1. The Kier molecular flexibility index (Phi) is 4.24. The number of aromatic nitrogens is 4. The molecule has 0 aliphatic rings. The molecule has 0 unspecified atom stereocenters. The predicted molar refractivity (Wildman–Crippen MR) is 99.5 cm³/mol. The Bertz CT molecular complexity index is 1240. The molecule has 4 rings (SSSR count). The molecule has 0 radical (unpaired) electrons. The molecular weight excluding hydrogens is 364 g/mol. The highest BCUT2D eigenvalue weighted by atomic mass is 16.5. The van der Waals surface area contributed by atoms with Gasteiger partial charge in [0.25, 0.3) is 5.56 Å². The van der Waals surface area contributed by atoms with Crippen LogP contribution in [-0.4, -0.2) is 37.9 Å². The summed E-state index contributed by atoms with van der Waals surface area (Å²) in [4.78, 5) is 30.4. The van der Waals surface area contributed by atoms with Crippen LogP contribution in [0.15, 0.2) is 59.7 Å². The van der Waals surface area contributed by atoms with Crippen molar-refractivity contribution in [3.05, 3.63) is 70.8 Å². The third kappa shape index (κ3) is 3.28. The lowest BCUT2D eigenvalue weighted by atomic mass is 10.2. The fraction of sp³-hybridized carbons (Fsp3) is 0.0526. The van der Waals surface area contributed by atoms with Crippen LogP contribution >= 0.6 is 0 Å².